The molecular weight excluding hydrogens is 375 g/mol. The summed E-state index contributed by atoms with van der Waals surface area (Å²) < 4.78 is 6.47. The van der Waals surface area contributed by atoms with E-state index < -0.39 is 5.97 Å². The number of rotatable bonds is 4. The van der Waals surface area contributed by atoms with Crippen molar-refractivity contribution in [2.45, 2.75) is 20.3 Å². The number of hydrogen-bond acceptors (Lipinski definition) is 2. The molecule has 2 nitrogen and oxygen atoms in total. The van der Waals surface area contributed by atoms with Crippen molar-refractivity contribution < 1.29 is 9.53 Å². The molecule has 21 heavy (non-hydrogen) atoms. The summed E-state index contributed by atoms with van der Waals surface area (Å²) in [7, 11) is 0. The number of aryl methyl sites for hydroxylation is 1. The van der Waals surface area contributed by atoms with Gasteiger partial charge in [0.15, 0.2) is 0 Å². The molecule has 0 saturated carbocycles. The molecule has 0 saturated heterocycles. The Morgan fingerprint density at radius 2 is 1.76 bits per heavy atom. The SMILES string of the molecule is C=C(C)C(=O)Oc1ccc(-c2ccc(I)c(CC)c2)cc1. The number of carbonyl (C=O) groups excluding carboxylic acids is 1. The monoisotopic (exact) mass is 392 g/mol. The Morgan fingerprint density at radius 3 is 2.33 bits per heavy atom. The second-order valence-corrected chi connectivity index (χ2v) is 6.02. The Morgan fingerprint density at radius 1 is 1.14 bits per heavy atom. The van der Waals surface area contributed by atoms with E-state index in [2.05, 4.69) is 54.3 Å². The highest BCUT2D eigenvalue weighted by Crippen LogP contribution is 2.26. The van der Waals surface area contributed by atoms with Gasteiger partial charge >= 0.3 is 5.97 Å². The van der Waals surface area contributed by atoms with Crippen LogP contribution in [0.25, 0.3) is 11.1 Å². The van der Waals surface area contributed by atoms with Crippen molar-refractivity contribution in [2.24, 2.45) is 0 Å². The second-order valence-electron chi connectivity index (χ2n) is 4.85. The van der Waals surface area contributed by atoms with E-state index in [1.165, 1.54) is 14.7 Å². The summed E-state index contributed by atoms with van der Waals surface area (Å²) in [5, 5.41) is 0. The van der Waals surface area contributed by atoms with E-state index in [1.807, 2.05) is 12.1 Å². The molecule has 0 unspecified atom stereocenters. The van der Waals surface area contributed by atoms with Gasteiger partial charge in [-0.25, -0.2) is 4.79 Å². The summed E-state index contributed by atoms with van der Waals surface area (Å²) in [5.74, 6) is 0.137. The fourth-order valence-electron chi connectivity index (χ4n) is 1.93. The van der Waals surface area contributed by atoms with Crippen LogP contribution in [-0.2, 0) is 11.2 Å². The molecule has 108 valence electrons. The Balaban J connectivity index is 2.23. The van der Waals surface area contributed by atoms with Gasteiger partial charge in [0.2, 0.25) is 0 Å². The first kappa shape index (κ1) is 15.8. The van der Waals surface area contributed by atoms with Crippen LogP contribution in [0.5, 0.6) is 5.75 Å². The smallest absolute Gasteiger partial charge is 0.338 e. The molecule has 0 aromatic heterocycles. The minimum atomic E-state index is -0.398. The highest BCUT2D eigenvalue weighted by atomic mass is 127. The molecule has 0 aliphatic rings. The van der Waals surface area contributed by atoms with Crippen LogP contribution in [0.4, 0.5) is 0 Å². The number of carbonyl (C=O) groups is 1. The fraction of sp³-hybridized carbons (Fsp3) is 0.167. The Hall–Kier alpha value is -1.62. The molecule has 0 bridgehead atoms. The van der Waals surface area contributed by atoms with Gasteiger partial charge in [0.25, 0.3) is 0 Å². The maximum Gasteiger partial charge on any atom is 0.338 e. The van der Waals surface area contributed by atoms with Gasteiger partial charge < -0.3 is 4.74 Å². The zero-order valence-corrected chi connectivity index (χ0v) is 14.3. The summed E-state index contributed by atoms with van der Waals surface area (Å²) in [4.78, 5) is 11.5. The van der Waals surface area contributed by atoms with E-state index in [9.17, 15) is 4.79 Å². The van der Waals surface area contributed by atoms with E-state index in [0.717, 1.165) is 12.0 Å². The highest BCUT2D eigenvalue weighted by molar-refractivity contribution is 14.1. The second kappa shape index (κ2) is 6.89. The summed E-state index contributed by atoms with van der Waals surface area (Å²) >= 11 is 2.36. The first-order valence-electron chi connectivity index (χ1n) is 6.77. The van der Waals surface area contributed by atoms with Gasteiger partial charge in [-0.3, -0.25) is 0 Å². The third-order valence-corrected chi connectivity index (χ3v) is 4.23. The lowest BCUT2D eigenvalue weighted by Gasteiger charge is -2.08. The minimum absolute atomic E-state index is 0.393. The van der Waals surface area contributed by atoms with Gasteiger partial charge in [0.05, 0.1) is 0 Å². The van der Waals surface area contributed by atoms with Crippen molar-refractivity contribution >= 4 is 28.6 Å². The molecule has 2 aromatic rings. The van der Waals surface area contributed by atoms with Crippen LogP contribution in [0, 0.1) is 3.57 Å². The predicted molar refractivity (Wildman–Crippen MR) is 94.4 cm³/mol. The summed E-state index contributed by atoms with van der Waals surface area (Å²) in [5.41, 5.74) is 4.01. The molecule has 0 heterocycles. The predicted octanol–water partition coefficient (Wildman–Crippen LogP) is 5.00. The molecule has 0 amide bonds. The van der Waals surface area contributed by atoms with Gasteiger partial charge in [0, 0.05) is 9.14 Å². The lowest BCUT2D eigenvalue weighted by molar-refractivity contribution is -0.130. The van der Waals surface area contributed by atoms with Crippen molar-refractivity contribution in [3.63, 3.8) is 0 Å². The highest BCUT2D eigenvalue weighted by Gasteiger charge is 2.06. The number of hydrogen-bond donors (Lipinski definition) is 0. The topological polar surface area (TPSA) is 26.3 Å². The van der Waals surface area contributed by atoms with E-state index in [1.54, 1.807) is 19.1 Å². The standard InChI is InChI=1S/C18H17IO2/c1-4-13-11-15(7-10-17(13)19)14-5-8-16(9-6-14)21-18(20)12(2)3/h5-11H,2,4H2,1,3H3. The molecule has 0 radical (unpaired) electrons. The van der Waals surface area contributed by atoms with Crippen LogP contribution in [0.2, 0.25) is 0 Å². The maximum absolute atomic E-state index is 11.5. The fourth-order valence-corrected chi connectivity index (χ4v) is 2.65. The van der Waals surface area contributed by atoms with Crippen LogP contribution in [-0.4, -0.2) is 5.97 Å². The lowest BCUT2D eigenvalue weighted by atomic mass is 10.0. The average molecular weight is 392 g/mol. The van der Waals surface area contributed by atoms with Crippen LogP contribution in [0.15, 0.2) is 54.6 Å². The van der Waals surface area contributed by atoms with Crippen molar-refractivity contribution in [3.05, 3.63) is 63.8 Å². The number of halogens is 1. The normalized spacial score (nSPS) is 10.2. The van der Waals surface area contributed by atoms with Gasteiger partial charge in [-0.15, -0.1) is 0 Å². The Labute approximate surface area is 139 Å². The average Bonchev–Trinajstić information content (AvgIpc) is 2.48. The van der Waals surface area contributed by atoms with Crippen molar-refractivity contribution in [1.82, 2.24) is 0 Å². The summed E-state index contributed by atoms with van der Waals surface area (Å²) in [6, 6.07) is 14.0. The van der Waals surface area contributed by atoms with E-state index in [0.29, 0.717) is 11.3 Å². The lowest BCUT2D eigenvalue weighted by Crippen LogP contribution is -2.07. The molecule has 3 heteroatoms. The summed E-state index contributed by atoms with van der Waals surface area (Å²) in [6.45, 7) is 7.36. The molecule has 0 aliphatic heterocycles. The third kappa shape index (κ3) is 3.94. The third-order valence-electron chi connectivity index (χ3n) is 3.17. The molecule has 0 aliphatic carbocycles. The van der Waals surface area contributed by atoms with Gasteiger partial charge in [0.1, 0.15) is 5.75 Å². The van der Waals surface area contributed by atoms with Crippen molar-refractivity contribution in [2.75, 3.05) is 0 Å². The molecule has 0 N–H and O–H groups in total. The number of benzene rings is 2. The minimum Gasteiger partial charge on any atom is -0.423 e. The molecule has 0 spiro atoms. The Kier molecular flexibility index (Phi) is 5.17. The van der Waals surface area contributed by atoms with E-state index >= 15 is 0 Å². The maximum atomic E-state index is 11.5. The zero-order valence-electron chi connectivity index (χ0n) is 12.2. The van der Waals surface area contributed by atoms with Crippen LogP contribution in [0.1, 0.15) is 19.4 Å². The molecule has 0 fully saturated rings. The Bertz CT molecular complexity index is 672. The van der Waals surface area contributed by atoms with Crippen molar-refractivity contribution in [1.29, 1.82) is 0 Å². The van der Waals surface area contributed by atoms with E-state index in [-0.39, 0.29) is 0 Å². The largest absolute Gasteiger partial charge is 0.423 e. The molecule has 2 rings (SSSR count). The summed E-state index contributed by atoms with van der Waals surface area (Å²) in [6.07, 6.45) is 1.01. The van der Waals surface area contributed by atoms with Gasteiger partial charge in [-0.05, 0) is 70.8 Å². The van der Waals surface area contributed by atoms with Crippen LogP contribution < -0.4 is 4.74 Å². The quantitative estimate of drug-likeness (QED) is 0.317. The van der Waals surface area contributed by atoms with Gasteiger partial charge in [-0.1, -0.05) is 37.8 Å². The van der Waals surface area contributed by atoms with Crippen molar-refractivity contribution in [3.8, 4) is 16.9 Å². The molecule has 2 aromatic carbocycles. The van der Waals surface area contributed by atoms with Crippen LogP contribution in [0.3, 0.4) is 0 Å². The number of esters is 1. The molecular formula is C18H17IO2. The zero-order chi connectivity index (χ0) is 15.4. The van der Waals surface area contributed by atoms with Gasteiger partial charge in [-0.2, -0.15) is 0 Å². The van der Waals surface area contributed by atoms with E-state index in [4.69, 9.17) is 4.74 Å². The first-order valence-corrected chi connectivity index (χ1v) is 7.85. The van der Waals surface area contributed by atoms with Crippen LogP contribution >= 0.6 is 22.6 Å². The number of ether oxygens (including phenoxy) is 1. The molecule has 0 atom stereocenters. The first-order chi connectivity index (χ1) is 10.0.